The standard InChI is InChI=1S/C15H24O/c1-11(2)6-5-7-12(3)13-8-9-15(4)14(10-13)16-15/h6,14H,5,7-10H2,1-4H3/b13-12-. The molecule has 0 aromatic carbocycles. The van der Waals surface area contributed by atoms with Crippen LogP contribution < -0.4 is 0 Å². The van der Waals surface area contributed by atoms with Crippen molar-refractivity contribution in [1.29, 1.82) is 0 Å². The fourth-order valence-corrected chi connectivity index (χ4v) is 2.64. The van der Waals surface area contributed by atoms with Gasteiger partial charge in [0.05, 0.1) is 11.7 Å². The molecule has 2 rings (SSSR count). The SMILES string of the molecule is CC(C)=CCC/C(C)=C1/CCC2(C)OC2C1. The van der Waals surface area contributed by atoms with E-state index in [9.17, 15) is 0 Å². The lowest BCUT2D eigenvalue weighted by molar-refractivity contribution is 0.305. The van der Waals surface area contributed by atoms with Gasteiger partial charge in [0.25, 0.3) is 0 Å². The highest BCUT2D eigenvalue weighted by molar-refractivity contribution is 5.22. The van der Waals surface area contributed by atoms with E-state index in [1.807, 2.05) is 0 Å². The van der Waals surface area contributed by atoms with E-state index in [-0.39, 0.29) is 5.60 Å². The lowest BCUT2D eigenvalue weighted by atomic mass is 9.84. The van der Waals surface area contributed by atoms with Gasteiger partial charge in [-0.15, -0.1) is 0 Å². The fourth-order valence-electron chi connectivity index (χ4n) is 2.64. The van der Waals surface area contributed by atoms with Gasteiger partial charge in [-0.1, -0.05) is 22.8 Å². The molecule has 0 aromatic rings. The fraction of sp³-hybridized carbons (Fsp3) is 0.733. The minimum absolute atomic E-state index is 0.254. The van der Waals surface area contributed by atoms with E-state index < -0.39 is 0 Å². The maximum Gasteiger partial charge on any atom is 0.0926 e. The van der Waals surface area contributed by atoms with Gasteiger partial charge in [0.1, 0.15) is 0 Å². The Bertz CT molecular complexity index is 333. The second kappa shape index (κ2) is 4.37. The molecule has 0 bridgehead atoms. The molecule has 0 aromatic heterocycles. The molecule has 0 amide bonds. The van der Waals surface area contributed by atoms with Crippen molar-refractivity contribution in [2.75, 3.05) is 0 Å². The van der Waals surface area contributed by atoms with Gasteiger partial charge in [-0.25, -0.2) is 0 Å². The van der Waals surface area contributed by atoms with E-state index in [4.69, 9.17) is 4.74 Å². The van der Waals surface area contributed by atoms with Crippen molar-refractivity contribution in [2.45, 2.75) is 71.5 Å². The van der Waals surface area contributed by atoms with Crippen LogP contribution in [0.1, 0.15) is 59.8 Å². The minimum Gasteiger partial charge on any atom is -0.366 e. The first-order valence-corrected chi connectivity index (χ1v) is 6.50. The average molecular weight is 220 g/mol. The highest BCUT2D eigenvalue weighted by atomic mass is 16.6. The number of allylic oxidation sites excluding steroid dienone is 3. The van der Waals surface area contributed by atoms with Crippen molar-refractivity contribution in [3.63, 3.8) is 0 Å². The Hall–Kier alpha value is -0.560. The maximum atomic E-state index is 5.74. The Morgan fingerprint density at radius 1 is 1.44 bits per heavy atom. The topological polar surface area (TPSA) is 12.5 Å². The molecule has 90 valence electrons. The summed E-state index contributed by atoms with van der Waals surface area (Å²) in [6.07, 6.45) is 8.97. The number of epoxide rings is 1. The van der Waals surface area contributed by atoms with Crippen molar-refractivity contribution in [1.82, 2.24) is 0 Å². The highest BCUT2D eigenvalue weighted by Gasteiger charge is 2.54. The predicted molar refractivity (Wildman–Crippen MR) is 68.5 cm³/mol. The van der Waals surface area contributed by atoms with Crippen LogP contribution in [-0.2, 0) is 4.74 Å². The van der Waals surface area contributed by atoms with Crippen molar-refractivity contribution in [2.24, 2.45) is 0 Å². The molecule has 2 atom stereocenters. The van der Waals surface area contributed by atoms with Gasteiger partial charge in [0.15, 0.2) is 0 Å². The first kappa shape index (κ1) is 11.9. The summed E-state index contributed by atoms with van der Waals surface area (Å²) in [5, 5.41) is 0. The quantitative estimate of drug-likeness (QED) is 0.507. The monoisotopic (exact) mass is 220 g/mol. The number of hydrogen-bond acceptors (Lipinski definition) is 1. The molecule has 0 radical (unpaired) electrons. The Morgan fingerprint density at radius 2 is 2.19 bits per heavy atom. The molecule has 2 unspecified atom stereocenters. The maximum absolute atomic E-state index is 5.74. The third kappa shape index (κ3) is 2.57. The number of rotatable bonds is 3. The van der Waals surface area contributed by atoms with Gasteiger partial charge in [0.2, 0.25) is 0 Å². The first-order valence-electron chi connectivity index (χ1n) is 6.50. The molecule has 0 N–H and O–H groups in total. The van der Waals surface area contributed by atoms with Gasteiger partial charge >= 0.3 is 0 Å². The Kier molecular flexibility index (Phi) is 3.25. The zero-order chi connectivity index (χ0) is 11.8. The van der Waals surface area contributed by atoms with E-state index in [0.717, 1.165) is 0 Å². The highest BCUT2D eigenvalue weighted by Crippen LogP contribution is 2.49. The van der Waals surface area contributed by atoms with E-state index >= 15 is 0 Å². The normalized spacial score (nSPS) is 35.4. The van der Waals surface area contributed by atoms with Crippen LogP contribution in [0.15, 0.2) is 22.8 Å². The zero-order valence-electron chi connectivity index (χ0n) is 11.1. The molecule has 0 spiro atoms. The van der Waals surface area contributed by atoms with Crippen molar-refractivity contribution < 1.29 is 4.74 Å². The molecule has 1 aliphatic heterocycles. The average Bonchev–Trinajstić information content (AvgIpc) is 2.87. The Balaban J connectivity index is 1.88. The van der Waals surface area contributed by atoms with Crippen LogP contribution in [0.4, 0.5) is 0 Å². The van der Waals surface area contributed by atoms with Gasteiger partial charge in [0, 0.05) is 0 Å². The summed E-state index contributed by atoms with van der Waals surface area (Å²) in [5.74, 6) is 0. The second-order valence-corrected chi connectivity index (χ2v) is 5.83. The van der Waals surface area contributed by atoms with Crippen molar-refractivity contribution in [3.05, 3.63) is 22.8 Å². The van der Waals surface area contributed by atoms with Crippen LogP contribution in [0, 0.1) is 0 Å². The largest absolute Gasteiger partial charge is 0.366 e. The number of hydrogen-bond donors (Lipinski definition) is 0. The second-order valence-electron chi connectivity index (χ2n) is 5.83. The summed E-state index contributed by atoms with van der Waals surface area (Å²) in [6, 6.07) is 0. The lowest BCUT2D eigenvalue weighted by Crippen LogP contribution is -2.16. The molecule has 1 heteroatoms. The van der Waals surface area contributed by atoms with Crippen molar-refractivity contribution in [3.8, 4) is 0 Å². The summed E-state index contributed by atoms with van der Waals surface area (Å²) in [4.78, 5) is 0. The van der Waals surface area contributed by atoms with Crippen LogP contribution in [0.25, 0.3) is 0 Å². The van der Waals surface area contributed by atoms with Gasteiger partial charge < -0.3 is 4.74 Å². The van der Waals surface area contributed by atoms with E-state index in [2.05, 4.69) is 33.8 Å². The third-order valence-corrected chi connectivity index (χ3v) is 4.07. The number of ether oxygens (including phenoxy) is 1. The summed E-state index contributed by atoms with van der Waals surface area (Å²) in [7, 11) is 0. The van der Waals surface area contributed by atoms with Crippen LogP contribution >= 0.6 is 0 Å². The number of fused-ring (bicyclic) bond motifs is 1. The van der Waals surface area contributed by atoms with E-state index in [1.165, 1.54) is 37.7 Å². The third-order valence-electron chi connectivity index (χ3n) is 4.07. The molecule has 1 heterocycles. The van der Waals surface area contributed by atoms with Crippen molar-refractivity contribution >= 4 is 0 Å². The first-order chi connectivity index (χ1) is 7.51. The molecule has 1 saturated carbocycles. The summed E-state index contributed by atoms with van der Waals surface area (Å²) in [6.45, 7) is 8.91. The van der Waals surface area contributed by atoms with Crippen LogP contribution in [0.3, 0.4) is 0 Å². The summed E-state index contributed by atoms with van der Waals surface area (Å²) >= 11 is 0. The van der Waals surface area contributed by atoms with E-state index in [0.29, 0.717) is 6.10 Å². The smallest absolute Gasteiger partial charge is 0.0926 e. The molecular formula is C15H24O. The molecule has 1 saturated heterocycles. The van der Waals surface area contributed by atoms with Gasteiger partial charge in [-0.3, -0.25) is 0 Å². The van der Waals surface area contributed by atoms with Gasteiger partial charge in [-0.05, 0) is 59.8 Å². The van der Waals surface area contributed by atoms with Crippen LogP contribution in [0.5, 0.6) is 0 Å². The molecule has 16 heavy (non-hydrogen) atoms. The molecule has 1 nitrogen and oxygen atoms in total. The summed E-state index contributed by atoms with van der Waals surface area (Å²) < 4.78 is 5.74. The molecular weight excluding hydrogens is 196 g/mol. The van der Waals surface area contributed by atoms with Crippen LogP contribution in [-0.4, -0.2) is 11.7 Å². The minimum atomic E-state index is 0.254. The Labute approximate surface area is 99.6 Å². The Morgan fingerprint density at radius 3 is 2.81 bits per heavy atom. The van der Waals surface area contributed by atoms with E-state index in [1.54, 1.807) is 11.1 Å². The van der Waals surface area contributed by atoms with Gasteiger partial charge in [-0.2, -0.15) is 0 Å². The van der Waals surface area contributed by atoms with Crippen LogP contribution in [0.2, 0.25) is 0 Å². The zero-order valence-corrected chi connectivity index (χ0v) is 11.1. The lowest BCUT2D eigenvalue weighted by Gasteiger charge is -2.18. The molecule has 2 aliphatic rings. The predicted octanol–water partition coefficient (Wildman–Crippen LogP) is 4.39. The molecule has 1 aliphatic carbocycles. The molecule has 2 fully saturated rings. The summed E-state index contributed by atoms with van der Waals surface area (Å²) in [5.41, 5.74) is 4.96.